The monoisotopic (exact) mass is 257 g/mol. The van der Waals surface area contributed by atoms with Gasteiger partial charge in [0.15, 0.2) is 0 Å². The number of carbonyl (C=O) groups is 2. The SMILES string of the molecule is CC(CN(C)C(=O)COCC(F)(F)F)C(=O)O. The van der Waals surface area contributed by atoms with Crippen LogP contribution in [0.2, 0.25) is 0 Å². The number of hydrogen-bond donors (Lipinski definition) is 1. The van der Waals surface area contributed by atoms with Crippen molar-refractivity contribution >= 4 is 11.9 Å². The molecule has 0 aromatic heterocycles. The maximum Gasteiger partial charge on any atom is 0.411 e. The smallest absolute Gasteiger partial charge is 0.411 e. The third-order valence-corrected chi connectivity index (χ3v) is 1.89. The van der Waals surface area contributed by atoms with E-state index in [2.05, 4.69) is 4.74 Å². The molecule has 0 aliphatic rings. The molecule has 0 aromatic carbocycles. The number of carboxylic acids is 1. The van der Waals surface area contributed by atoms with Crippen LogP contribution in [0.15, 0.2) is 0 Å². The fraction of sp³-hybridized carbons (Fsp3) is 0.778. The number of amides is 1. The van der Waals surface area contributed by atoms with E-state index in [0.29, 0.717) is 0 Å². The summed E-state index contributed by atoms with van der Waals surface area (Å²) in [5.41, 5.74) is 0. The molecule has 0 saturated heterocycles. The molecule has 1 amide bonds. The van der Waals surface area contributed by atoms with Gasteiger partial charge in [-0.15, -0.1) is 0 Å². The Morgan fingerprint density at radius 3 is 2.35 bits per heavy atom. The molecule has 17 heavy (non-hydrogen) atoms. The molecule has 0 bridgehead atoms. The van der Waals surface area contributed by atoms with Gasteiger partial charge in [-0.05, 0) is 0 Å². The average Bonchev–Trinajstić information content (AvgIpc) is 2.15. The molecule has 0 aromatic rings. The number of ether oxygens (including phenoxy) is 1. The Bertz CT molecular complexity index is 280. The van der Waals surface area contributed by atoms with Crippen molar-refractivity contribution in [3.05, 3.63) is 0 Å². The van der Waals surface area contributed by atoms with Crippen molar-refractivity contribution in [1.29, 1.82) is 0 Å². The van der Waals surface area contributed by atoms with Crippen LogP contribution in [0, 0.1) is 5.92 Å². The molecule has 0 fully saturated rings. The molecule has 1 atom stereocenters. The molecule has 0 aliphatic heterocycles. The number of halogens is 3. The Balaban J connectivity index is 3.94. The number of hydrogen-bond acceptors (Lipinski definition) is 3. The zero-order valence-electron chi connectivity index (χ0n) is 9.45. The summed E-state index contributed by atoms with van der Waals surface area (Å²) in [4.78, 5) is 22.7. The lowest BCUT2D eigenvalue weighted by atomic mass is 10.2. The summed E-state index contributed by atoms with van der Waals surface area (Å²) in [5, 5.41) is 8.58. The van der Waals surface area contributed by atoms with E-state index in [1.165, 1.54) is 14.0 Å². The predicted molar refractivity (Wildman–Crippen MR) is 51.3 cm³/mol. The highest BCUT2D eigenvalue weighted by Gasteiger charge is 2.28. The number of alkyl halides is 3. The first-order valence-corrected chi connectivity index (χ1v) is 4.74. The third-order valence-electron chi connectivity index (χ3n) is 1.89. The van der Waals surface area contributed by atoms with Gasteiger partial charge in [0.1, 0.15) is 13.2 Å². The minimum absolute atomic E-state index is 0.0798. The molecule has 0 rings (SSSR count). The summed E-state index contributed by atoms with van der Waals surface area (Å²) in [5.74, 6) is -2.56. The number of carbonyl (C=O) groups excluding carboxylic acids is 1. The van der Waals surface area contributed by atoms with Crippen molar-refractivity contribution in [2.45, 2.75) is 13.1 Å². The topological polar surface area (TPSA) is 66.8 Å². The lowest BCUT2D eigenvalue weighted by Crippen LogP contribution is -2.36. The largest absolute Gasteiger partial charge is 0.481 e. The first kappa shape index (κ1) is 15.7. The first-order chi connectivity index (χ1) is 7.63. The summed E-state index contributed by atoms with van der Waals surface area (Å²) >= 11 is 0. The van der Waals surface area contributed by atoms with Crippen molar-refractivity contribution in [3.8, 4) is 0 Å². The standard InChI is InChI=1S/C9H14F3NO4/c1-6(8(15)16)3-13(2)7(14)4-17-5-9(10,11)12/h6H,3-5H2,1-2H3,(H,15,16). The highest BCUT2D eigenvalue weighted by Crippen LogP contribution is 2.14. The number of aliphatic carboxylic acids is 1. The number of likely N-dealkylation sites (N-methyl/N-ethyl adjacent to an activating group) is 1. The third kappa shape index (κ3) is 7.56. The second-order valence-electron chi connectivity index (χ2n) is 3.62. The average molecular weight is 257 g/mol. The van der Waals surface area contributed by atoms with Crippen LogP contribution in [-0.2, 0) is 14.3 Å². The Labute approximate surface area is 96.1 Å². The van der Waals surface area contributed by atoms with Gasteiger partial charge < -0.3 is 14.7 Å². The Kier molecular flexibility index (Phi) is 5.94. The molecular weight excluding hydrogens is 243 g/mol. The van der Waals surface area contributed by atoms with Gasteiger partial charge in [-0.1, -0.05) is 6.92 Å². The summed E-state index contributed by atoms with van der Waals surface area (Å²) in [7, 11) is 1.30. The summed E-state index contributed by atoms with van der Waals surface area (Å²) in [6.07, 6.45) is -4.48. The molecule has 0 heterocycles. The van der Waals surface area contributed by atoms with Crippen LogP contribution in [0.4, 0.5) is 13.2 Å². The number of nitrogens with zero attached hydrogens (tertiary/aromatic N) is 1. The quantitative estimate of drug-likeness (QED) is 0.762. The number of carboxylic acid groups (broad SMARTS) is 1. The van der Waals surface area contributed by atoms with Crippen LogP contribution >= 0.6 is 0 Å². The van der Waals surface area contributed by atoms with E-state index >= 15 is 0 Å². The van der Waals surface area contributed by atoms with Crippen molar-refractivity contribution in [2.24, 2.45) is 5.92 Å². The van der Waals surface area contributed by atoms with Gasteiger partial charge in [0, 0.05) is 13.6 Å². The summed E-state index contributed by atoms with van der Waals surface area (Å²) in [6.45, 7) is -0.907. The van der Waals surface area contributed by atoms with Gasteiger partial charge >= 0.3 is 12.1 Å². The van der Waals surface area contributed by atoms with Crippen molar-refractivity contribution < 1.29 is 32.6 Å². The van der Waals surface area contributed by atoms with Gasteiger partial charge in [-0.3, -0.25) is 9.59 Å². The van der Waals surface area contributed by atoms with Crippen LogP contribution in [0.1, 0.15) is 6.92 Å². The Hall–Kier alpha value is -1.31. The highest BCUT2D eigenvalue weighted by atomic mass is 19.4. The van der Waals surface area contributed by atoms with E-state index < -0.39 is 37.2 Å². The molecular formula is C9H14F3NO4. The Morgan fingerprint density at radius 2 is 1.94 bits per heavy atom. The molecule has 5 nitrogen and oxygen atoms in total. The van der Waals surface area contributed by atoms with Crippen molar-refractivity contribution in [2.75, 3.05) is 26.8 Å². The van der Waals surface area contributed by atoms with Gasteiger partial charge in [0.25, 0.3) is 0 Å². The second kappa shape index (κ2) is 6.43. The van der Waals surface area contributed by atoms with Crippen LogP contribution in [-0.4, -0.2) is 54.9 Å². The predicted octanol–water partition coefficient (Wildman–Crippen LogP) is 0.744. The molecule has 100 valence electrons. The molecule has 1 N–H and O–H groups in total. The van der Waals surface area contributed by atoms with Gasteiger partial charge in [0.2, 0.25) is 5.91 Å². The molecule has 0 spiro atoms. The van der Waals surface area contributed by atoms with E-state index in [4.69, 9.17) is 5.11 Å². The van der Waals surface area contributed by atoms with E-state index in [0.717, 1.165) is 4.90 Å². The van der Waals surface area contributed by atoms with Gasteiger partial charge in [-0.25, -0.2) is 0 Å². The van der Waals surface area contributed by atoms with E-state index in [1.54, 1.807) is 0 Å². The summed E-state index contributed by atoms with van der Waals surface area (Å²) in [6, 6.07) is 0. The van der Waals surface area contributed by atoms with Crippen molar-refractivity contribution in [1.82, 2.24) is 4.90 Å². The Morgan fingerprint density at radius 1 is 1.41 bits per heavy atom. The normalized spacial score (nSPS) is 13.2. The molecule has 0 aliphatic carbocycles. The molecule has 8 heteroatoms. The lowest BCUT2D eigenvalue weighted by Gasteiger charge is -2.19. The molecule has 0 saturated carbocycles. The first-order valence-electron chi connectivity index (χ1n) is 4.74. The zero-order chi connectivity index (χ0) is 13.6. The lowest BCUT2D eigenvalue weighted by molar-refractivity contribution is -0.177. The van der Waals surface area contributed by atoms with Crippen LogP contribution in [0.3, 0.4) is 0 Å². The van der Waals surface area contributed by atoms with Gasteiger partial charge in [-0.2, -0.15) is 13.2 Å². The molecule has 0 radical (unpaired) electrons. The minimum atomic E-state index is -4.48. The van der Waals surface area contributed by atoms with Crippen LogP contribution < -0.4 is 0 Å². The van der Waals surface area contributed by atoms with Crippen LogP contribution in [0.25, 0.3) is 0 Å². The van der Waals surface area contributed by atoms with E-state index in [-0.39, 0.29) is 6.54 Å². The maximum absolute atomic E-state index is 11.7. The fourth-order valence-electron chi connectivity index (χ4n) is 0.955. The highest BCUT2D eigenvalue weighted by molar-refractivity contribution is 5.78. The number of rotatable bonds is 6. The van der Waals surface area contributed by atoms with E-state index in [1.807, 2.05) is 0 Å². The fourth-order valence-corrected chi connectivity index (χ4v) is 0.955. The van der Waals surface area contributed by atoms with Crippen LogP contribution in [0.5, 0.6) is 0 Å². The van der Waals surface area contributed by atoms with Gasteiger partial charge in [0.05, 0.1) is 5.92 Å². The van der Waals surface area contributed by atoms with Crippen molar-refractivity contribution in [3.63, 3.8) is 0 Å². The summed E-state index contributed by atoms with van der Waals surface area (Å²) < 4.78 is 39.2. The second-order valence-corrected chi connectivity index (χ2v) is 3.62. The van der Waals surface area contributed by atoms with E-state index in [9.17, 15) is 22.8 Å². The minimum Gasteiger partial charge on any atom is -0.481 e. The maximum atomic E-state index is 11.7. The zero-order valence-corrected chi connectivity index (χ0v) is 9.45. The molecule has 1 unspecified atom stereocenters.